The molecule has 2 rings (SSSR count). The molecule has 1 saturated carbocycles. The Morgan fingerprint density at radius 1 is 1.38 bits per heavy atom. The molecule has 1 aliphatic rings. The van der Waals surface area contributed by atoms with Gasteiger partial charge in [0.05, 0.1) is 4.47 Å². The number of aliphatic hydroxyl groups excluding tert-OH is 1. The second-order valence-corrected chi connectivity index (χ2v) is 6.99. The van der Waals surface area contributed by atoms with Crippen LogP contribution >= 0.6 is 15.9 Å². The van der Waals surface area contributed by atoms with Gasteiger partial charge < -0.3 is 15.2 Å². The highest BCUT2D eigenvalue weighted by Gasteiger charge is 2.21. The maximum absolute atomic E-state index is 10.0. The normalized spacial score (nSPS) is 18.7. The van der Waals surface area contributed by atoms with Crippen LogP contribution in [0.25, 0.3) is 0 Å². The van der Waals surface area contributed by atoms with Crippen molar-refractivity contribution in [1.29, 1.82) is 0 Å². The van der Waals surface area contributed by atoms with E-state index < -0.39 is 6.10 Å². The lowest BCUT2D eigenvalue weighted by Gasteiger charge is -2.22. The fourth-order valence-corrected chi connectivity index (χ4v) is 3.52. The van der Waals surface area contributed by atoms with Gasteiger partial charge in [0.1, 0.15) is 18.5 Å². The Morgan fingerprint density at radius 2 is 2.10 bits per heavy atom. The van der Waals surface area contributed by atoms with Gasteiger partial charge in [-0.15, -0.1) is 0 Å². The summed E-state index contributed by atoms with van der Waals surface area (Å²) in [5.41, 5.74) is 1.18. The largest absolute Gasteiger partial charge is 0.490 e. The Kier molecular flexibility index (Phi) is 6.52. The van der Waals surface area contributed by atoms with Crippen molar-refractivity contribution >= 4 is 15.9 Å². The van der Waals surface area contributed by atoms with Crippen LogP contribution in [-0.2, 0) is 0 Å². The first-order valence-electron chi connectivity index (χ1n) is 7.86. The third-order valence-corrected chi connectivity index (χ3v) is 4.92. The monoisotopic (exact) mass is 355 g/mol. The quantitative estimate of drug-likeness (QED) is 0.783. The zero-order valence-electron chi connectivity index (χ0n) is 12.9. The minimum absolute atomic E-state index is 0.312. The third-order valence-electron chi connectivity index (χ3n) is 4.30. The second kappa shape index (κ2) is 8.16. The summed E-state index contributed by atoms with van der Waals surface area (Å²) < 4.78 is 6.61. The molecular weight excluding hydrogens is 330 g/mol. The summed E-state index contributed by atoms with van der Waals surface area (Å²) in [6.45, 7) is 5.16. The lowest BCUT2D eigenvalue weighted by Crippen LogP contribution is -2.39. The number of benzene rings is 1. The molecule has 0 heterocycles. The van der Waals surface area contributed by atoms with Gasteiger partial charge in [-0.2, -0.15) is 0 Å². The third kappa shape index (κ3) is 5.28. The molecule has 1 fully saturated rings. The fourth-order valence-electron chi connectivity index (χ4n) is 2.91. The van der Waals surface area contributed by atoms with E-state index >= 15 is 0 Å². The maximum atomic E-state index is 10.0. The minimum Gasteiger partial charge on any atom is -0.490 e. The Labute approximate surface area is 136 Å². The van der Waals surface area contributed by atoms with Crippen LogP contribution in [0.15, 0.2) is 22.7 Å². The second-order valence-electron chi connectivity index (χ2n) is 6.14. The van der Waals surface area contributed by atoms with Crippen LogP contribution in [0.3, 0.4) is 0 Å². The number of hydrogen-bond acceptors (Lipinski definition) is 3. The molecule has 21 heavy (non-hydrogen) atoms. The molecule has 1 aromatic rings. The van der Waals surface area contributed by atoms with Crippen LogP contribution in [0, 0.1) is 12.8 Å². The van der Waals surface area contributed by atoms with Gasteiger partial charge >= 0.3 is 0 Å². The topological polar surface area (TPSA) is 41.5 Å². The average molecular weight is 356 g/mol. The Balaban J connectivity index is 1.70. The molecule has 2 atom stereocenters. The number of rotatable bonds is 7. The van der Waals surface area contributed by atoms with E-state index in [1.807, 2.05) is 25.1 Å². The summed E-state index contributed by atoms with van der Waals surface area (Å²) in [5.74, 6) is 1.55. The Hall–Kier alpha value is -0.580. The van der Waals surface area contributed by atoms with Crippen molar-refractivity contribution in [3.8, 4) is 5.75 Å². The van der Waals surface area contributed by atoms with E-state index in [2.05, 4.69) is 28.2 Å². The predicted octanol–water partition coefficient (Wildman–Crippen LogP) is 3.67. The zero-order chi connectivity index (χ0) is 15.2. The summed E-state index contributed by atoms with van der Waals surface area (Å²) in [4.78, 5) is 0. The fraction of sp³-hybridized carbons (Fsp3) is 0.647. The van der Waals surface area contributed by atoms with Crippen molar-refractivity contribution in [3.63, 3.8) is 0 Å². The van der Waals surface area contributed by atoms with Gasteiger partial charge in [-0.3, -0.25) is 0 Å². The van der Waals surface area contributed by atoms with Crippen molar-refractivity contribution in [1.82, 2.24) is 5.32 Å². The molecule has 0 bridgehead atoms. The lowest BCUT2D eigenvalue weighted by atomic mass is 10.00. The molecule has 1 aliphatic carbocycles. The van der Waals surface area contributed by atoms with E-state index in [1.165, 1.54) is 31.2 Å². The van der Waals surface area contributed by atoms with E-state index in [4.69, 9.17) is 4.74 Å². The molecule has 0 saturated heterocycles. The molecule has 118 valence electrons. The van der Waals surface area contributed by atoms with E-state index in [9.17, 15) is 5.11 Å². The highest BCUT2D eigenvalue weighted by molar-refractivity contribution is 9.10. The van der Waals surface area contributed by atoms with E-state index in [-0.39, 0.29) is 0 Å². The zero-order valence-corrected chi connectivity index (χ0v) is 14.5. The molecule has 2 N–H and O–H groups in total. The van der Waals surface area contributed by atoms with Gasteiger partial charge in [0.15, 0.2) is 0 Å². The number of halogens is 1. The SMILES string of the molecule is Cc1ccc(OCC(O)CNC(C)C2CCCC2)c(Br)c1. The van der Waals surface area contributed by atoms with Gasteiger partial charge in [0.25, 0.3) is 0 Å². The van der Waals surface area contributed by atoms with Crippen molar-refractivity contribution in [3.05, 3.63) is 28.2 Å². The smallest absolute Gasteiger partial charge is 0.133 e. The highest BCUT2D eigenvalue weighted by Crippen LogP contribution is 2.27. The molecule has 2 unspecified atom stereocenters. The first kappa shape index (κ1) is 16.8. The first-order chi connectivity index (χ1) is 10.1. The Morgan fingerprint density at radius 3 is 2.76 bits per heavy atom. The average Bonchev–Trinajstić information content (AvgIpc) is 2.98. The molecule has 0 radical (unpaired) electrons. The minimum atomic E-state index is -0.484. The molecule has 0 amide bonds. The van der Waals surface area contributed by atoms with Crippen molar-refractivity contribution in [2.24, 2.45) is 5.92 Å². The summed E-state index contributed by atoms with van der Waals surface area (Å²) in [7, 11) is 0. The van der Waals surface area contributed by atoms with E-state index in [1.54, 1.807) is 0 Å². The lowest BCUT2D eigenvalue weighted by molar-refractivity contribution is 0.101. The molecule has 1 aromatic carbocycles. The predicted molar refractivity (Wildman–Crippen MR) is 89.8 cm³/mol. The van der Waals surface area contributed by atoms with Crippen LogP contribution < -0.4 is 10.1 Å². The summed E-state index contributed by atoms with van der Waals surface area (Å²) in [6, 6.07) is 6.43. The number of aryl methyl sites for hydroxylation is 1. The van der Waals surface area contributed by atoms with Crippen molar-refractivity contribution < 1.29 is 9.84 Å². The molecule has 0 spiro atoms. The molecular formula is C17H26BrNO2. The van der Waals surface area contributed by atoms with Gasteiger partial charge in [-0.25, -0.2) is 0 Å². The highest BCUT2D eigenvalue weighted by atomic mass is 79.9. The number of hydrogen-bond donors (Lipinski definition) is 2. The van der Waals surface area contributed by atoms with E-state index in [0.717, 1.165) is 16.1 Å². The van der Waals surface area contributed by atoms with Gasteiger partial charge in [-0.05, 0) is 66.2 Å². The van der Waals surface area contributed by atoms with Gasteiger partial charge in [0, 0.05) is 12.6 Å². The van der Waals surface area contributed by atoms with Crippen LogP contribution in [0.5, 0.6) is 5.75 Å². The first-order valence-corrected chi connectivity index (χ1v) is 8.66. The maximum Gasteiger partial charge on any atom is 0.133 e. The van der Waals surface area contributed by atoms with Crippen LogP contribution in [-0.4, -0.2) is 30.4 Å². The van der Waals surface area contributed by atoms with Crippen LogP contribution in [0.2, 0.25) is 0 Å². The number of nitrogens with one attached hydrogen (secondary N) is 1. The van der Waals surface area contributed by atoms with Crippen LogP contribution in [0.1, 0.15) is 38.2 Å². The van der Waals surface area contributed by atoms with Crippen molar-refractivity contribution in [2.45, 2.75) is 51.7 Å². The molecule has 3 nitrogen and oxygen atoms in total. The Bertz CT molecular complexity index is 446. The summed E-state index contributed by atoms with van der Waals surface area (Å²) >= 11 is 3.48. The molecule has 4 heteroatoms. The number of ether oxygens (including phenoxy) is 1. The summed E-state index contributed by atoms with van der Waals surface area (Å²) in [5, 5.41) is 13.5. The summed E-state index contributed by atoms with van der Waals surface area (Å²) in [6.07, 6.45) is 4.85. The standard InChI is InChI=1S/C17H26BrNO2/c1-12-7-8-17(16(18)9-12)21-11-15(20)10-19-13(2)14-5-3-4-6-14/h7-9,13-15,19-20H,3-6,10-11H2,1-2H3. The van der Waals surface area contributed by atoms with Gasteiger partial charge in [0.2, 0.25) is 0 Å². The number of aliphatic hydroxyl groups is 1. The van der Waals surface area contributed by atoms with Crippen LogP contribution in [0.4, 0.5) is 0 Å². The van der Waals surface area contributed by atoms with Crippen molar-refractivity contribution in [2.75, 3.05) is 13.2 Å². The molecule has 0 aromatic heterocycles. The van der Waals surface area contributed by atoms with E-state index in [0.29, 0.717) is 19.2 Å². The molecule has 0 aliphatic heterocycles. The van der Waals surface area contributed by atoms with Gasteiger partial charge in [-0.1, -0.05) is 18.9 Å².